The fourth-order valence-corrected chi connectivity index (χ4v) is 1.75. The first kappa shape index (κ1) is 20.8. The highest BCUT2D eigenvalue weighted by atomic mass is 19.4. The molecule has 0 unspecified atom stereocenters. The van der Waals surface area contributed by atoms with E-state index in [4.69, 9.17) is 10.5 Å². The van der Waals surface area contributed by atoms with E-state index in [0.717, 1.165) is 12.1 Å². The van der Waals surface area contributed by atoms with Crippen molar-refractivity contribution in [1.82, 2.24) is 10.6 Å². The van der Waals surface area contributed by atoms with Crippen LogP contribution in [0.4, 0.5) is 13.2 Å². The lowest BCUT2D eigenvalue weighted by atomic mass is 10.1. The lowest BCUT2D eigenvalue weighted by Crippen LogP contribution is -2.47. The van der Waals surface area contributed by atoms with Gasteiger partial charge in [-0.25, -0.2) is 0 Å². The van der Waals surface area contributed by atoms with Crippen molar-refractivity contribution in [2.45, 2.75) is 26.1 Å². The molecule has 0 saturated carbocycles. The number of hydrogen-bond donors (Lipinski definition) is 3. The van der Waals surface area contributed by atoms with E-state index in [0.29, 0.717) is 0 Å². The Bertz CT molecular complexity index is 574. The van der Waals surface area contributed by atoms with E-state index in [1.807, 2.05) is 0 Å². The lowest BCUT2D eigenvalue weighted by Gasteiger charge is -2.15. The van der Waals surface area contributed by atoms with E-state index in [1.54, 1.807) is 13.8 Å². The number of carbonyl (C=O) groups is 2. The number of benzene rings is 1. The summed E-state index contributed by atoms with van der Waals surface area (Å²) in [5.41, 5.74) is 4.87. The molecule has 1 aromatic rings. The highest BCUT2D eigenvalue weighted by Crippen LogP contribution is 2.30. The zero-order valence-corrected chi connectivity index (χ0v) is 14.0. The highest BCUT2D eigenvalue weighted by Gasteiger charge is 2.30. The van der Waals surface area contributed by atoms with E-state index in [1.165, 1.54) is 12.1 Å². The molecule has 0 saturated heterocycles. The summed E-state index contributed by atoms with van der Waals surface area (Å²) in [4.78, 5) is 23.1. The molecule has 0 aromatic heterocycles. The lowest BCUT2D eigenvalue weighted by molar-refractivity contribution is -0.137. The van der Waals surface area contributed by atoms with E-state index >= 15 is 0 Å². The third-order valence-electron chi connectivity index (χ3n) is 3.32. The maximum atomic E-state index is 12.4. The standard InChI is InChI=1S/C16H22F3N3O3/c1-10(2)14(20)15(24)22-9-13(23)21-7-8-25-12-5-3-11(4-6-12)16(17,18)19/h3-6,10,14H,7-9,20H2,1-2H3,(H,21,23)(H,22,24)/t14-/m0/s1. The van der Waals surface area contributed by atoms with Gasteiger partial charge in [0.25, 0.3) is 0 Å². The quantitative estimate of drug-likeness (QED) is 0.609. The maximum absolute atomic E-state index is 12.4. The first-order valence-electron chi connectivity index (χ1n) is 7.71. The SMILES string of the molecule is CC(C)[C@H](N)C(=O)NCC(=O)NCCOc1ccc(C(F)(F)F)cc1. The minimum atomic E-state index is -4.39. The van der Waals surface area contributed by atoms with Gasteiger partial charge in [-0.3, -0.25) is 9.59 Å². The summed E-state index contributed by atoms with van der Waals surface area (Å²) < 4.78 is 42.5. The molecule has 0 spiro atoms. The third kappa shape index (κ3) is 7.42. The molecule has 140 valence electrons. The van der Waals surface area contributed by atoms with Crippen molar-refractivity contribution < 1.29 is 27.5 Å². The second-order valence-electron chi connectivity index (χ2n) is 5.71. The van der Waals surface area contributed by atoms with E-state index in [9.17, 15) is 22.8 Å². The predicted molar refractivity (Wildman–Crippen MR) is 85.8 cm³/mol. The minimum Gasteiger partial charge on any atom is -0.492 e. The molecule has 1 rings (SSSR count). The molecule has 1 aromatic carbocycles. The van der Waals surface area contributed by atoms with Gasteiger partial charge < -0.3 is 21.1 Å². The normalized spacial score (nSPS) is 12.6. The van der Waals surface area contributed by atoms with Crippen LogP contribution in [-0.4, -0.2) is 37.6 Å². The molecule has 2 amide bonds. The van der Waals surface area contributed by atoms with Gasteiger partial charge >= 0.3 is 6.18 Å². The van der Waals surface area contributed by atoms with Gasteiger partial charge in [-0.05, 0) is 30.2 Å². The summed E-state index contributed by atoms with van der Waals surface area (Å²) in [5, 5.41) is 4.93. The largest absolute Gasteiger partial charge is 0.492 e. The Morgan fingerprint density at radius 1 is 1.16 bits per heavy atom. The Labute approximate surface area is 143 Å². The molecular weight excluding hydrogens is 339 g/mol. The topological polar surface area (TPSA) is 93.5 Å². The molecular formula is C16H22F3N3O3. The molecule has 6 nitrogen and oxygen atoms in total. The molecule has 0 heterocycles. The summed E-state index contributed by atoms with van der Waals surface area (Å²) in [6, 6.07) is 3.56. The van der Waals surface area contributed by atoms with Gasteiger partial charge in [0, 0.05) is 0 Å². The molecule has 0 bridgehead atoms. The molecule has 0 aliphatic carbocycles. The second-order valence-corrected chi connectivity index (χ2v) is 5.71. The summed E-state index contributed by atoms with van der Waals surface area (Å²) in [7, 11) is 0. The number of carbonyl (C=O) groups excluding carboxylic acids is 2. The third-order valence-corrected chi connectivity index (χ3v) is 3.32. The summed E-state index contributed by atoms with van der Waals surface area (Å²) in [6.45, 7) is 3.61. The Balaban J connectivity index is 2.25. The number of nitrogens with two attached hydrogens (primary N) is 1. The van der Waals surface area contributed by atoms with Crippen molar-refractivity contribution in [2.75, 3.05) is 19.7 Å². The van der Waals surface area contributed by atoms with Gasteiger partial charge in [0.15, 0.2) is 0 Å². The number of ether oxygens (including phenoxy) is 1. The van der Waals surface area contributed by atoms with E-state index < -0.39 is 29.6 Å². The fourth-order valence-electron chi connectivity index (χ4n) is 1.75. The van der Waals surface area contributed by atoms with Crippen LogP contribution < -0.4 is 21.1 Å². The van der Waals surface area contributed by atoms with E-state index in [2.05, 4.69) is 10.6 Å². The molecule has 0 fully saturated rings. The average Bonchev–Trinajstić information content (AvgIpc) is 2.55. The molecule has 0 aliphatic heterocycles. The zero-order chi connectivity index (χ0) is 19.0. The van der Waals surface area contributed by atoms with Gasteiger partial charge in [0.05, 0.1) is 24.7 Å². The van der Waals surface area contributed by atoms with Crippen molar-refractivity contribution in [3.8, 4) is 5.75 Å². The molecule has 0 aliphatic rings. The van der Waals surface area contributed by atoms with Crippen LogP contribution >= 0.6 is 0 Å². The molecule has 4 N–H and O–H groups in total. The maximum Gasteiger partial charge on any atom is 0.416 e. The monoisotopic (exact) mass is 361 g/mol. The van der Waals surface area contributed by atoms with Crippen LogP contribution in [0.25, 0.3) is 0 Å². The fraction of sp³-hybridized carbons (Fsp3) is 0.500. The molecule has 9 heteroatoms. The predicted octanol–water partition coefficient (Wildman–Crippen LogP) is 1.30. The van der Waals surface area contributed by atoms with Gasteiger partial charge in [0.2, 0.25) is 11.8 Å². The van der Waals surface area contributed by atoms with Gasteiger partial charge in [0.1, 0.15) is 12.4 Å². The number of rotatable bonds is 8. The van der Waals surface area contributed by atoms with Crippen LogP contribution in [0.1, 0.15) is 19.4 Å². The van der Waals surface area contributed by atoms with Crippen molar-refractivity contribution in [3.05, 3.63) is 29.8 Å². The molecule has 25 heavy (non-hydrogen) atoms. The van der Waals surface area contributed by atoms with Crippen LogP contribution in [0, 0.1) is 5.92 Å². The number of amides is 2. The number of hydrogen-bond acceptors (Lipinski definition) is 4. The summed E-state index contributed by atoms with van der Waals surface area (Å²) >= 11 is 0. The van der Waals surface area contributed by atoms with Crippen LogP contribution in [0.15, 0.2) is 24.3 Å². The van der Waals surface area contributed by atoms with Gasteiger partial charge in [-0.15, -0.1) is 0 Å². The number of nitrogens with one attached hydrogen (secondary N) is 2. The highest BCUT2D eigenvalue weighted by molar-refractivity contribution is 5.87. The van der Waals surface area contributed by atoms with Crippen molar-refractivity contribution in [2.24, 2.45) is 11.7 Å². The Kier molecular flexibility index (Phi) is 7.69. The average molecular weight is 361 g/mol. The smallest absolute Gasteiger partial charge is 0.416 e. The van der Waals surface area contributed by atoms with Crippen molar-refractivity contribution in [1.29, 1.82) is 0 Å². The van der Waals surface area contributed by atoms with Crippen LogP contribution in [0.3, 0.4) is 0 Å². The van der Waals surface area contributed by atoms with Crippen LogP contribution in [-0.2, 0) is 15.8 Å². The Morgan fingerprint density at radius 3 is 2.28 bits per heavy atom. The van der Waals surface area contributed by atoms with Gasteiger partial charge in [-0.2, -0.15) is 13.2 Å². The zero-order valence-electron chi connectivity index (χ0n) is 14.0. The summed E-state index contributed by atoms with van der Waals surface area (Å²) in [5.74, 6) is -0.606. The number of halogens is 3. The van der Waals surface area contributed by atoms with Crippen LogP contribution in [0.5, 0.6) is 5.75 Å². The molecule has 1 atom stereocenters. The Morgan fingerprint density at radius 2 is 1.76 bits per heavy atom. The van der Waals surface area contributed by atoms with Crippen LogP contribution in [0.2, 0.25) is 0 Å². The summed E-state index contributed by atoms with van der Waals surface area (Å²) in [6.07, 6.45) is -4.39. The first-order chi connectivity index (χ1) is 11.6. The number of alkyl halides is 3. The van der Waals surface area contributed by atoms with E-state index in [-0.39, 0.29) is 31.4 Å². The van der Waals surface area contributed by atoms with Gasteiger partial charge in [-0.1, -0.05) is 13.8 Å². The molecule has 0 radical (unpaired) electrons. The van der Waals surface area contributed by atoms with Crippen molar-refractivity contribution >= 4 is 11.8 Å². The Hall–Kier alpha value is -2.29. The first-order valence-corrected chi connectivity index (χ1v) is 7.71. The van der Waals surface area contributed by atoms with Crippen molar-refractivity contribution in [3.63, 3.8) is 0 Å². The minimum absolute atomic E-state index is 0.0415. The second kappa shape index (κ2) is 9.26.